The van der Waals surface area contributed by atoms with E-state index in [1.807, 2.05) is 50.2 Å². The number of hydrogen-bond donors (Lipinski definition) is 2. The van der Waals surface area contributed by atoms with Gasteiger partial charge >= 0.3 is 0 Å². The van der Waals surface area contributed by atoms with Crippen molar-refractivity contribution in [1.29, 1.82) is 0 Å². The van der Waals surface area contributed by atoms with Gasteiger partial charge in [-0.05, 0) is 43.2 Å². The third kappa shape index (κ3) is 6.12. The van der Waals surface area contributed by atoms with Crippen molar-refractivity contribution in [3.8, 4) is 0 Å². The number of aromatic nitrogens is 1. The summed E-state index contributed by atoms with van der Waals surface area (Å²) in [5.74, 6) is 1.36. The van der Waals surface area contributed by atoms with Crippen molar-refractivity contribution in [1.82, 2.24) is 15.6 Å². The lowest BCUT2D eigenvalue weighted by Gasteiger charge is -2.19. The van der Waals surface area contributed by atoms with E-state index in [9.17, 15) is 4.39 Å². The Morgan fingerprint density at radius 3 is 2.62 bits per heavy atom. The van der Waals surface area contributed by atoms with E-state index in [1.165, 1.54) is 0 Å². The minimum absolute atomic E-state index is 0. The van der Waals surface area contributed by atoms with Gasteiger partial charge in [0.1, 0.15) is 11.6 Å². The first-order chi connectivity index (χ1) is 11.9. The Morgan fingerprint density at radius 1 is 1.27 bits per heavy atom. The van der Waals surface area contributed by atoms with Crippen LogP contribution in [0.1, 0.15) is 29.8 Å². The Bertz CT molecular complexity index is 748. The van der Waals surface area contributed by atoms with E-state index in [0.29, 0.717) is 18.1 Å². The van der Waals surface area contributed by atoms with Crippen LogP contribution < -0.4 is 15.5 Å². The average Bonchev–Trinajstić information content (AvgIpc) is 2.60. The fourth-order valence-corrected chi connectivity index (χ4v) is 2.35. The molecule has 0 fully saturated rings. The maximum Gasteiger partial charge on any atom is 0.191 e. The molecule has 0 spiro atoms. The summed E-state index contributed by atoms with van der Waals surface area (Å²) < 4.78 is 13.7. The van der Waals surface area contributed by atoms with Crippen molar-refractivity contribution in [2.24, 2.45) is 4.99 Å². The molecule has 0 amide bonds. The van der Waals surface area contributed by atoms with Crippen LogP contribution >= 0.6 is 24.0 Å². The van der Waals surface area contributed by atoms with Crippen molar-refractivity contribution in [3.05, 3.63) is 59.0 Å². The number of rotatable bonds is 5. The zero-order valence-corrected chi connectivity index (χ0v) is 18.2. The van der Waals surface area contributed by atoms with Gasteiger partial charge in [-0.1, -0.05) is 18.2 Å². The molecule has 0 saturated carbocycles. The average molecular weight is 471 g/mol. The van der Waals surface area contributed by atoms with Crippen molar-refractivity contribution >= 4 is 35.8 Å². The second-order valence-electron chi connectivity index (χ2n) is 6.18. The summed E-state index contributed by atoms with van der Waals surface area (Å²) in [5.41, 5.74) is 2.44. The molecule has 0 aliphatic rings. The molecule has 0 aliphatic heterocycles. The number of pyridine rings is 1. The first-order valence-electron chi connectivity index (χ1n) is 8.27. The zero-order valence-electron chi connectivity index (χ0n) is 15.9. The van der Waals surface area contributed by atoms with Gasteiger partial charge in [-0.2, -0.15) is 0 Å². The molecule has 1 aromatic carbocycles. The van der Waals surface area contributed by atoms with Crippen molar-refractivity contribution in [3.63, 3.8) is 0 Å². The van der Waals surface area contributed by atoms with Crippen LogP contribution in [-0.4, -0.2) is 32.1 Å². The van der Waals surface area contributed by atoms with E-state index in [-0.39, 0.29) is 35.8 Å². The highest BCUT2D eigenvalue weighted by Crippen LogP contribution is 2.16. The molecule has 0 radical (unpaired) electrons. The fraction of sp³-hybridized carbons (Fsp3) is 0.368. The van der Waals surface area contributed by atoms with Crippen LogP contribution in [-0.2, 0) is 6.54 Å². The van der Waals surface area contributed by atoms with E-state index in [0.717, 1.165) is 17.1 Å². The maximum atomic E-state index is 13.7. The van der Waals surface area contributed by atoms with E-state index in [4.69, 9.17) is 0 Å². The van der Waals surface area contributed by atoms with Crippen LogP contribution in [0.4, 0.5) is 10.2 Å². The Morgan fingerprint density at radius 2 is 2.00 bits per heavy atom. The molecule has 0 saturated heterocycles. The van der Waals surface area contributed by atoms with E-state index >= 15 is 0 Å². The molecule has 2 N–H and O–H groups in total. The number of nitrogens with one attached hydrogen (secondary N) is 2. The van der Waals surface area contributed by atoms with Crippen LogP contribution in [0.5, 0.6) is 0 Å². The highest BCUT2D eigenvalue weighted by Gasteiger charge is 2.10. The fourth-order valence-electron chi connectivity index (χ4n) is 2.35. The molecular weight excluding hydrogens is 444 g/mol. The third-order valence-corrected chi connectivity index (χ3v) is 3.96. The molecule has 26 heavy (non-hydrogen) atoms. The molecule has 2 rings (SSSR count). The summed E-state index contributed by atoms with van der Waals surface area (Å²) in [7, 11) is 5.63. The third-order valence-electron chi connectivity index (χ3n) is 3.96. The Labute approximate surface area is 172 Å². The molecule has 142 valence electrons. The SMILES string of the molecule is CN=C(NCc1cccc(N(C)C)n1)NC(C)c1ccc(C)c(F)c1.I. The number of guanidine groups is 1. The molecule has 1 heterocycles. The summed E-state index contributed by atoms with van der Waals surface area (Å²) >= 11 is 0. The summed E-state index contributed by atoms with van der Waals surface area (Å²) in [6.07, 6.45) is 0. The van der Waals surface area contributed by atoms with E-state index in [2.05, 4.69) is 20.6 Å². The normalized spacial score (nSPS) is 12.2. The number of aryl methyl sites for hydroxylation is 1. The standard InChI is InChI=1S/C19H26FN5.HI/c1-13-9-10-15(11-17(13)20)14(2)23-19(21-3)22-12-16-7-6-8-18(24-16)25(4)5;/h6-11,14H,12H2,1-5H3,(H2,21,22,23);1H. The molecule has 7 heteroatoms. The first-order valence-corrected chi connectivity index (χ1v) is 8.27. The minimum atomic E-state index is -0.196. The first kappa shape index (κ1) is 22.1. The maximum absolute atomic E-state index is 13.7. The van der Waals surface area contributed by atoms with Crippen LogP contribution in [0.15, 0.2) is 41.4 Å². The molecule has 1 unspecified atom stereocenters. The Kier molecular flexibility index (Phi) is 8.77. The Hall–Kier alpha value is -1.90. The Balaban J connectivity index is 0.00000338. The predicted octanol–water partition coefficient (Wildman–Crippen LogP) is 3.64. The van der Waals surface area contributed by atoms with Gasteiger partial charge in [0, 0.05) is 21.1 Å². The highest BCUT2D eigenvalue weighted by molar-refractivity contribution is 14.0. The van der Waals surface area contributed by atoms with E-state index in [1.54, 1.807) is 26.1 Å². The van der Waals surface area contributed by atoms with Gasteiger partial charge in [0.05, 0.1) is 18.3 Å². The lowest BCUT2D eigenvalue weighted by molar-refractivity contribution is 0.607. The van der Waals surface area contributed by atoms with Crippen LogP contribution in [0.2, 0.25) is 0 Å². The lowest BCUT2D eigenvalue weighted by Crippen LogP contribution is -2.38. The molecule has 5 nitrogen and oxygen atoms in total. The van der Waals surface area contributed by atoms with Gasteiger partial charge in [-0.3, -0.25) is 4.99 Å². The quantitative estimate of drug-likeness (QED) is 0.397. The number of anilines is 1. The summed E-state index contributed by atoms with van der Waals surface area (Å²) in [6.45, 7) is 4.28. The predicted molar refractivity (Wildman–Crippen MR) is 117 cm³/mol. The summed E-state index contributed by atoms with van der Waals surface area (Å²) in [6, 6.07) is 11.1. The molecule has 0 bridgehead atoms. The number of hydrogen-bond acceptors (Lipinski definition) is 3. The van der Waals surface area contributed by atoms with Gasteiger partial charge in [0.25, 0.3) is 0 Å². The smallest absolute Gasteiger partial charge is 0.191 e. The lowest BCUT2D eigenvalue weighted by atomic mass is 10.1. The number of halogens is 2. The van der Waals surface area contributed by atoms with Gasteiger partial charge in [-0.25, -0.2) is 9.37 Å². The van der Waals surface area contributed by atoms with Crippen LogP contribution in [0.3, 0.4) is 0 Å². The zero-order chi connectivity index (χ0) is 18.4. The monoisotopic (exact) mass is 471 g/mol. The van der Waals surface area contributed by atoms with Gasteiger partial charge in [-0.15, -0.1) is 24.0 Å². The van der Waals surface area contributed by atoms with Crippen molar-refractivity contribution in [2.45, 2.75) is 26.4 Å². The molecular formula is C19H27FIN5. The minimum Gasteiger partial charge on any atom is -0.363 e. The van der Waals surface area contributed by atoms with Crippen molar-refractivity contribution < 1.29 is 4.39 Å². The van der Waals surface area contributed by atoms with Gasteiger partial charge in [0.2, 0.25) is 0 Å². The van der Waals surface area contributed by atoms with E-state index < -0.39 is 0 Å². The van der Waals surface area contributed by atoms with Crippen molar-refractivity contribution in [2.75, 3.05) is 26.0 Å². The second-order valence-corrected chi connectivity index (χ2v) is 6.18. The number of benzene rings is 1. The van der Waals surface area contributed by atoms with Crippen LogP contribution in [0, 0.1) is 12.7 Å². The largest absolute Gasteiger partial charge is 0.363 e. The molecule has 0 aliphatic carbocycles. The highest BCUT2D eigenvalue weighted by atomic mass is 127. The molecule has 1 aromatic heterocycles. The number of nitrogens with zero attached hydrogens (tertiary/aromatic N) is 3. The van der Waals surface area contributed by atoms with Gasteiger partial charge in [0.15, 0.2) is 5.96 Å². The molecule has 1 atom stereocenters. The van der Waals surface area contributed by atoms with Crippen LogP contribution in [0.25, 0.3) is 0 Å². The second kappa shape index (κ2) is 10.3. The number of aliphatic imine (C=N–C) groups is 1. The van der Waals surface area contributed by atoms with Gasteiger partial charge < -0.3 is 15.5 Å². The topological polar surface area (TPSA) is 52.6 Å². The summed E-state index contributed by atoms with van der Waals surface area (Å²) in [4.78, 5) is 10.8. The summed E-state index contributed by atoms with van der Waals surface area (Å²) in [5, 5.41) is 6.51. The molecule has 2 aromatic rings.